The summed E-state index contributed by atoms with van der Waals surface area (Å²) in [5.74, 6) is -0.0914. The van der Waals surface area contributed by atoms with E-state index in [2.05, 4.69) is 35.6 Å². The highest BCUT2D eigenvalue weighted by Crippen LogP contribution is 2.40. The van der Waals surface area contributed by atoms with Gasteiger partial charge >= 0.3 is 0 Å². The first kappa shape index (κ1) is 22.7. The van der Waals surface area contributed by atoms with E-state index in [4.69, 9.17) is 4.74 Å². The molecule has 162 valence electrons. The van der Waals surface area contributed by atoms with Gasteiger partial charge in [-0.1, -0.05) is 48.5 Å². The quantitative estimate of drug-likeness (QED) is 0.543. The van der Waals surface area contributed by atoms with Crippen molar-refractivity contribution in [2.75, 3.05) is 0 Å². The summed E-state index contributed by atoms with van der Waals surface area (Å²) in [6, 6.07) is 18.4. The maximum atomic E-state index is 12.8. The number of hydrogen-bond acceptors (Lipinski definition) is 3. The van der Waals surface area contributed by atoms with Gasteiger partial charge in [0.2, 0.25) is 5.91 Å². The SMILES string of the molecule is CC(=O)NCc1cccc(-c2c([C@H](OC(C)(C)C)C(C)=O)c(C)cc3ccccc23)c1. The summed E-state index contributed by atoms with van der Waals surface area (Å²) >= 11 is 0. The van der Waals surface area contributed by atoms with Crippen LogP contribution in [0.3, 0.4) is 0 Å². The lowest BCUT2D eigenvalue weighted by Gasteiger charge is -2.29. The summed E-state index contributed by atoms with van der Waals surface area (Å²) in [5, 5.41) is 5.05. The molecule has 0 aliphatic carbocycles. The first-order valence-corrected chi connectivity index (χ1v) is 10.6. The van der Waals surface area contributed by atoms with Gasteiger partial charge in [0.05, 0.1) is 5.60 Å². The van der Waals surface area contributed by atoms with E-state index in [0.29, 0.717) is 6.54 Å². The van der Waals surface area contributed by atoms with Gasteiger partial charge in [-0.15, -0.1) is 0 Å². The van der Waals surface area contributed by atoms with E-state index in [1.165, 1.54) is 6.92 Å². The van der Waals surface area contributed by atoms with E-state index in [0.717, 1.165) is 38.6 Å². The molecular formula is C27H31NO3. The zero-order chi connectivity index (χ0) is 22.8. The maximum Gasteiger partial charge on any atom is 0.217 e. The third kappa shape index (κ3) is 5.39. The van der Waals surface area contributed by atoms with Gasteiger partial charge in [0.1, 0.15) is 6.10 Å². The van der Waals surface area contributed by atoms with Crippen molar-refractivity contribution in [2.24, 2.45) is 0 Å². The average Bonchev–Trinajstić information content (AvgIpc) is 2.69. The maximum absolute atomic E-state index is 12.8. The number of ketones is 1. The topological polar surface area (TPSA) is 55.4 Å². The van der Waals surface area contributed by atoms with E-state index >= 15 is 0 Å². The van der Waals surface area contributed by atoms with Crippen molar-refractivity contribution in [1.29, 1.82) is 0 Å². The van der Waals surface area contributed by atoms with Crippen LogP contribution in [-0.2, 0) is 20.9 Å². The minimum atomic E-state index is -0.668. The van der Waals surface area contributed by atoms with Crippen LogP contribution in [0.2, 0.25) is 0 Å². The van der Waals surface area contributed by atoms with Gasteiger partial charge in [-0.05, 0) is 79.3 Å². The molecule has 0 aliphatic rings. The summed E-state index contributed by atoms with van der Waals surface area (Å²) in [6.07, 6.45) is -0.668. The van der Waals surface area contributed by atoms with E-state index in [1.807, 2.05) is 52.0 Å². The first-order chi connectivity index (χ1) is 14.6. The van der Waals surface area contributed by atoms with Crippen molar-refractivity contribution in [2.45, 2.75) is 59.8 Å². The highest BCUT2D eigenvalue weighted by molar-refractivity contribution is 6.01. The van der Waals surface area contributed by atoms with Crippen molar-refractivity contribution in [3.05, 3.63) is 71.3 Å². The molecular weight excluding hydrogens is 386 g/mol. The Kier molecular flexibility index (Phi) is 6.61. The molecule has 4 heteroatoms. The molecule has 4 nitrogen and oxygen atoms in total. The van der Waals surface area contributed by atoms with Crippen LogP contribution >= 0.6 is 0 Å². The Morgan fingerprint density at radius 2 is 1.71 bits per heavy atom. The van der Waals surface area contributed by atoms with Gasteiger partial charge in [-0.25, -0.2) is 0 Å². The average molecular weight is 418 g/mol. The van der Waals surface area contributed by atoms with E-state index in [-0.39, 0.29) is 11.7 Å². The van der Waals surface area contributed by atoms with Crippen molar-refractivity contribution in [1.82, 2.24) is 5.32 Å². The Balaban J connectivity index is 2.28. The van der Waals surface area contributed by atoms with Gasteiger partial charge in [0, 0.05) is 13.5 Å². The van der Waals surface area contributed by atoms with Crippen molar-refractivity contribution < 1.29 is 14.3 Å². The predicted molar refractivity (Wildman–Crippen MR) is 126 cm³/mol. The molecule has 0 saturated heterocycles. The summed E-state index contributed by atoms with van der Waals surface area (Å²) in [7, 11) is 0. The number of rotatable bonds is 6. The third-order valence-corrected chi connectivity index (χ3v) is 5.16. The minimum absolute atomic E-state index is 0.0241. The number of ether oxygens (including phenoxy) is 1. The second kappa shape index (κ2) is 9.03. The molecule has 3 aromatic carbocycles. The predicted octanol–water partition coefficient (Wildman–Crippen LogP) is 5.90. The van der Waals surface area contributed by atoms with Crippen LogP contribution in [0.15, 0.2) is 54.6 Å². The van der Waals surface area contributed by atoms with Crippen LogP contribution in [0.25, 0.3) is 21.9 Å². The second-order valence-electron chi connectivity index (χ2n) is 9.03. The number of Topliss-reactive ketones (excluding diaryl/α,β-unsaturated/α-hetero) is 1. The molecule has 1 atom stereocenters. The Morgan fingerprint density at radius 3 is 2.35 bits per heavy atom. The molecule has 0 bridgehead atoms. The summed E-state index contributed by atoms with van der Waals surface area (Å²) in [4.78, 5) is 24.1. The Morgan fingerprint density at radius 1 is 1.00 bits per heavy atom. The molecule has 0 radical (unpaired) electrons. The fourth-order valence-corrected chi connectivity index (χ4v) is 3.91. The number of aryl methyl sites for hydroxylation is 1. The largest absolute Gasteiger partial charge is 0.360 e. The fourth-order valence-electron chi connectivity index (χ4n) is 3.91. The van der Waals surface area contributed by atoms with Crippen LogP contribution in [0.5, 0.6) is 0 Å². The van der Waals surface area contributed by atoms with E-state index < -0.39 is 11.7 Å². The number of carbonyl (C=O) groups excluding carboxylic acids is 2. The smallest absolute Gasteiger partial charge is 0.217 e. The molecule has 0 heterocycles. The Labute approximate surface area is 184 Å². The monoisotopic (exact) mass is 417 g/mol. The molecule has 0 unspecified atom stereocenters. The molecule has 0 spiro atoms. The molecule has 3 aromatic rings. The van der Waals surface area contributed by atoms with Gasteiger partial charge in [0.25, 0.3) is 0 Å². The zero-order valence-corrected chi connectivity index (χ0v) is 19.2. The van der Waals surface area contributed by atoms with Crippen LogP contribution in [-0.4, -0.2) is 17.3 Å². The normalized spacial score (nSPS) is 12.6. The molecule has 3 rings (SSSR count). The fraction of sp³-hybridized carbons (Fsp3) is 0.333. The summed E-state index contributed by atoms with van der Waals surface area (Å²) < 4.78 is 6.28. The molecule has 0 saturated carbocycles. The summed E-state index contributed by atoms with van der Waals surface area (Å²) in [5.41, 5.74) is 4.45. The third-order valence-electron chi connectivity index (χ3n) is 5.16. The van der Waals surface area contributed by atoms with Crippen molar-refractivity contribution in [3.8, 4) is 11.1 Å². The second-order valence-corrected chi connectivity index (χ2v) is 9.03. The number of fused-ring (bicyclic) bond motifs is 1. The Bertz CT molecular complexity index is 1130. The minimum Gasteiger partial charge on any atom is -0.360 e. The standard InChI is InChI=1S/C27H31NO3/c1-17-14-21-11-7-8-13-23(21)25(24(17)26(18(2)29)31-27(4,5)6)22-12-9-10-20(15-22)16-28-19(3)30/h7-15,26H,16H2,1-6H3,(H,28,30)/t26-/m1/s1. The molecule has 0 aliphatic heterocycles. The van der Waals surface area contributed by atoms with Gasteiger partial charge in [0.15, 0.2) is 5.78 Å². The first-order valence-electron chi connectivity index (χ1n) is 10.6. The lowest BCUT2D eigenvalue weighted by Crippen LogP contribution is -2.27. The van der Waals surface area contributed by atoms with Crippen LogP contribution in [0.1, 0.15) is 57.4 Å². The highest BCUT2D eigenvalue weighted by atomic mass is 16.5. The highest BCUT2D eigenvalue weighted by Gasteiger charge is 2.29. The number of hydrogen-bond donors (Lipinski definition) is 1. The van der Waals surface area contributed by atoms with Crippen LogP contribution in [0, 0.1) is 6.92 Å². The molecule has 31 heavy (non-hydrogen) atoms. The number of benzene rings is 3. The van der Waals surface area contributed by atoms with Gasteiger partial charge in [-0.2, -0.15) is 0 Å². The van der Waals surface area contributed by atoms with Crippen LogP contribution in [0.4, 0.5) is 0 Å². The Hall–Kier alpha value is -2.98. The summed E-state index contributed by atoms with van der Waals surface area (Å²) in [6.45, 7) is 11.5. The van der Waals surface area contributed by atoms with Gasteiger partial charge in [-0.3, -0.25) is 9.59 Å². The van der Waals surface area contributed by atoms with E-state index in [9.17, 15) is 9.59 Å². The molecule has 1 amide bonds. The van der Waals surface area contributed by atoms with Crippen molar-refractivity contribution in [3.63, 3.8) is 0 Å². The number of carbonyl (C=O) groups is 2. The molecule has 1 N–H and O–H groups in total. The lowest BCUT2D eigenvalue weighted by molar-refractivity contribution is -0.138. The van der Waals surface area contributed by atoms with Gasteiger partial charge < -0.3 is 10.1 Å². The van der Waals surface area contributed by atoms with Crippen molar-refractivity contribution >= 4 is 22.5 Å². The van der Waals surface area contributed by atoms with E-state index in [1.54, 1.807) is 6.92 Å². The lowest BCUT2D eigenvalue weighted by atomic mass is 9.86. The molecule has 0 aromatic heterocycles. The number of amides is 1. The molecule has 0 fully saturated rings. The zero-order valence-electron chi connectivity index (χ0n) is 19.2. The number of nitrogens with one attached hydrogen (secondary N) is 1. The van der Waals surface area contributed by atoms with Crippen LogP contribution < -0.4 is 5.32 Å².